The van der Waals surface area contributed by atoms with E-state index in [0.29, 0.717) is 4.73 Å². The van der Waals surface area contributed by atoms with Gasteiger partial charge in [0.05, 0.1) is 11.0 Å². The van der Waals surface area contributed by atoms with Crippen molar-refractivity contribution in [3.8, 4) is 0 Å². The number of fused-ring (bicyclic) bond motifs is 1. The lowest BCUT2D eigenvalue weighted by Gasteiger charge is -1.95. The molecule has 8 nitrogen and oxygen atoms in total. The molecule has 9 heteroatoms. The second-order valence-corrected chi connectivity index (χ2v) is 4.71. The molecule has 0 unspecified atom stereocenters. The maximum absolute atomic E-state index is 11.2. The van der Waals surface area contributed by atoms with Crippen molar-refractivity contribution >= 4 is 21.4 Å². The van der Waals surface area contributed by atoms with Crippen LogP contribution in [0.2, 0.25) is 0 Å². The third-order valence-corrected chi connectivity index (χ3v) is 3.14. The van der Waals surface area contributed by atoms with Crippen LogP contribution in [0.25, 0.3) is 0 Å². The van der Waals surface area contributed by atoms with E-state index in [-0.39, 0.29) is 17.1 Å². The first kappa shape index (κ1) is 9.65. The van der Waals surface area contributed by atoms with E-state index in [9.17, 15) is 23.7 Å². The van der Waals surface area contributed by atoms with Crippen molar-refractivity contribution in [3.05, 3.63) is 28.1 Å². The minimum absolute atomic E-state index is 0.0378. The minimum Gasteiger partial charge on any atom is -0.285 e. The zero-order valence-electron chi connectivity index (χ0n) is 7.24. The summed E-state index contributed by atoms with van der Waals surface area (Å²) in [5, 5.41) is 19.8. The first-order valence-electron chi connectivity index (χ1n) is 3.82. The van der Waals surface area contributed by atoms with E-state index >= 15 is 0 Å². The van der Waals surface area contributed by atoms with Gasteiger partial charge in [-0.25, -0.2) is 8.42 Å². The summed E-state index contributed by atoms with van der Waals surface area (Å²) in [5.41, 5.74) is -0.592. The van der Waals surface area contributed by atoms with Crippen molar-refractivity contribution in [2.45, 2.75) is 5.75 Å². The Kier molecular flexibility index (Phi) is 1.80. The van der Waals surface area contributed by atoms with Crippen molar-refractivity contribution < 1.29 is 23.3 Å². The second kappa shape index (κ2) is 2.79. The average molecular weight is 232 g/mol. The Hall–Kier alpha value is -1.90. The third kappa shape index (κ3) is 1.46. The maximum Gasteiger partial charge on any atom is 0.306 e. The molecule has 1 aromatic heterocycles. The zero-order valence-corrected chi connectivity index (χ0v) is 8.06. The molecule has 0 bridgehead atoms. The molecule has 15 heavy (non-hydrogen) atoms. The van der Waals surface area contributed by atoms with Crippen molar-refractivity contribution in [2.24, 2.45) is 0 Å². The summed E-state index contributed by atoms with van der Waals surface area (Å²) in [4.78, 5) is 9.85. The fourth-order valence-electron chi connectivity index (χ4n) is 1.35. The molecule has 1 aliphatic rings. The smallest absolute Gasteiger partial charge is 0.285 e. The third-order valence-electron chi connectivity index (χ3n) is 1.98. The lowest BCUT2D eigenvalue weighted by Crippen LogP contribution is -2.34. The Morgan fingerprint density at radius 1 is 1.60 bits per heavy atom. The quantitative estimate of drug-likeness (QED) is 0.290. The zero-order chi connectivity index (χ0) is 11.2. The van der Waals surface area contributed by atoms with Crippen LogP contribution in [0.4, 0.5) is 11.4 Å². The summed E-state index contributed by atoms with van der Waals surface area (Å²) >= 11 is 0. The molecule has 1 aliphatic heterocycles. The normalized spacial score (nSPS) is 16.8. The topological polar surface area (TPSA) is 113 Å². The molecule has 2 N–H and O–H groups in total. The standard InChI is InChI=1S/C6H6N3O5S/c10-8-2-1-4(9(11)12)6-5(8)3-15(13,14)7-6/h1-2,7,10H,3H2/q+1. The number of aromatic nitrogens is 1. The number of nitro groups is 1. The van der Waals surface area contributed by atoms with Gasteiger partial charge in [-0.3, -0.25) is 20.0 Å². The van der Waals surface area contributed by atoms with Crippen LogP contribution in [0.5, 0.6) is 0 Å². The highest BCUT2D eigenvalue weighted by Crippen LogP contribution is 2.32. The van der Waals surface area contributed by atoms with Crippen molar-refractivity contribution in [2.75, 3.05) is 4.72 Å². The molecule has 0 fully saturated rings. The van der Waals surface area contributed by atoms with Gasteiger partial charge in [-0.1, -0.05) is 0 Å². The van der Waals surface area contributed by atoms with Gasteiger partial charge in [-0.2, -0.15) is 0 Å². The van der Waals surface area contributed by atoms with Gasteiger partial charge >= 0.3 is 5.69 Å². The van der Waals surface area contributed by atoms with Gasteiger partial charge in [0, 0.05) is 4.73 Å². The highest BCUT2D eigenvalue weighted by molar-refractivity contribution is 7.92. The van der Waals surface area contributed by atoms with Gasteiger partial charge in [-0.15, -0.1) is 0 Å². The van der Waals surface area contributed by atoms with Crippen LogP contribution in [0, 0.1) is 10.1 Å². The largest absolute Gasteiger partial charge is 0.306 e. The summed E-state index contributed by atoms with van der Waals surface area (Å²) in [6.45, 7) is 0. The lowest BCUT2D eigenvalue weighted by atomic mass is 10.3. The van der Waals surface area contributed by atoms with Crippen LogP contribution in [0.15, 0.2) is 12.3 Å². The van der Waals surface area contributed by atoms with Crippen molar-refractivity contribution in [1.82, 2.24) is 0 Å². The molecular weight excluding hydrogens is 226 g/mol. The van der Waals surface area contributed by atoms with Gasteiger partial charge < -0.3 is 0 Å². The number of hydrogen-bond donors (Lipinski definition) is 2. The molecule has 0 aromatic carbocycles. The Morgan fingerprint density at radius 2 is 2.27 bits per heavy atom. The number of nitrogens with zero attached hydrogens (tertiary/aromatic N) is 2. The Balaban J connectivity index is 2.70. The number of nitrogens with one attached hydrogen (secondary N) is 1. The van der Waals surface area contributed by atoms with Crippen LogP contribution in [-0.4, -0.2) is 18.5 Å². The van der Waals surface area contributed by atoms with E-state index in [1.807, 2.05) is 4.72 Å². The Morgan fingerprint density at radius 3 is 2.87 bits per heavy atom. The molecule has 0 atom stereocenters. The summed E-state index contributed by atoms with van der Waals surface area (Å²) < 4.78 is 24.9. The Bertz CT molecular complexity index is 552. The SMILES string of the molecule is O=[N+]([O-])c1cc[n+](O)c2c1NS(=O)(=O)C2. The summed E-state index contributed by atoms with van der Waals surface area (Å²) in [5.74, 6) is -0.472. The number of hydrogen-bond acceptors (Lipinski definition) is 5. The molecule has 0 aliphatic carbocycles. The van der Waals surface area contributed by atoms with Crippen LogP contribution in [-0.2, 0) is 15.8 Å². The fraction of sp³-hybridized carbons (Fsp3) is 0.167. The average Bonchev–Trinajstić information content (AvgIpc) is 2.41. The predicted molar refractivity (Wildman–Crippen MR) is 46.7 cm³/mol. The summed E-state index contributed by atoms with van der Waals surface area (Å²) in [7, 11) is -3.62. The monoisotopic (exact) mass is 232 g/mol. The van der Waals surface area contributed by atoms with E-state index in [0.717, 1.165) is 12.3 Å². The second-order valence-electron chi connectivity index (χ2n) is 2.99. The maximum atomic E-state index is 11.2. The molecule has 0 amide bonds. The van der Waals surface area contributed by atoms with Crippen molar-refractivity contribution in [3.63, 3.8) is 0 Å². The van der Waals surface area contributed by atoms with Gasteiger partial charge in [0.2, 0.25) is 21.9 Å². The first-order chi connectivity index (χ1) is 6.91. The minimum atomic E-state index is -3.62. The van der Waals surface area contributed by atoms with Crippen LogP contribution in [0.1, 0.15) is 5.69 Å². The van der Waals surface area contributed by atoms with Crippen molar-refractivity contribution in [1.29, 1.82) is 0 Å². The van der Waals surface area contributed by atoms with Gasteiger partial charge in [0.25, 0.3) is 5.69 Å². The molecule has 1 aromatic rings. The molecule has 0 spiro atoms. The van der Waals surface area contributed by atoms with E-state index in [4.69, 9.17) is 0 Å². The van der Waals surface area contributed by atoms with E-state index in [2.05, 4.69) is 0 Å². The molecule has 2 heterocycles. The van der Waals surface area contributed by atoms with Gasteiger partial charge in [-0.05, 0) is 0 Å². The van der Waals surface area contributed by atoms with E-state index < -0.39 is 20.7 Å². The number of rotatable bonds is 1. The lowest BCUT2D eigenvalue weighted by molar-refractivity contribution is -0.908. The highest BCUT2D eigenvalue weighted by Gasteiger charge is 2.39. The number of sulfonamides is 1. The molecule has 0 saturated heterocycles. The van der Waals surface area contributed by atoms with E-state index in [1.165, 1.54) is 0 Å². The molecular formula is C6H6N3O5S+. The number of pyridine rings is 1. The van der Waals surface area contributed by atoms with E-state index in [1.54, 1.807) is 0 Å². The first-order valence-corrected chi connectivity index (χ1v) is 5.47. The Labute approximate surface area is 83.9 Å². The molecule has 80 valence electrons. The van der Waals surface area contributed by atoms with Crippen LogP contribution < -0.4 is 9.45 Å². The summed E-state index contributed by atoms with van der Waals surface area (Å²) in [6, 6.07) is 1.02. The van der Waals surface area contributed by atoms with Gasteiger partial charge in [0.1, 0.15) is 0 Å². The fourth-order valence-corrected chi connectivity index (χ4v) is 2.59. The predicted octanol–water partition coefficient (Wildman–Crippen LogP) is -0.625. The highest BCUT2D eigenvalue weighted by atomic mass is 32.2. The number of anilines is 1. The van der Waals surface area contributed by atoms with Gasteiger partial charge in [0.15, 0.2) is 5.75 Å². The van der Waals surface area contributed by atoms with Crippen LogP contribution >= 0.6 is 0 Å². The molecule has 0 radical (unpaired) electrons. The summed E-state index contributed by atoms with van der Waals surface area (Å²) in [6.07, 6.45) is 1.03. The molecule has 0 saturated carbocycles. The molecule has 2 rings (SSSR count). The van der Waals surface area contributed by atoms with Crippen LogP contribution in [0.3, 0.4) is 0 Å².